The number of aliphatic hydroxyl groups is 1. The summed E-state index contributed by atoms with van der Waals surface area (Å²) >= 11 is 0. The minimum absolute atomic E-state index is 0.0810. The molecule has 1 aliphatic carbocycles. The molecule has 1 N–H and O–H groups in total. The van der Waals surface area contributed by atoms with Crippen LogP contribution in [0.25, 0.3) is 0 Å². The molecule has 0 spiro atoms. The smallest absolute Gasteiger partial charge is 0.169 e. The van der Waals surface area contributed by atoms with Gasteiger partial charge in [-0.1, -0.05) is 6.92 Å². The van der Waals surface area contributed by atoms with E-state index in [1.807, 2.05) is 0 Å². The van der Waals surface area contributed by atoms with Crippen LogP contribution in [0.1, 0.15) is 13.3 Å². The second-order valence-corrected chi connectivity index (χ2v) is 2.34. The first-order valence-corrected chi connectivity index (χ1v) is 2.86. The number of rotatable bonds is 0. The molecule has 0 saturated heterocycles. The number of carbonyl (C=O) groups excluding carboxylic acids is 2. The second-order valence-electron chi connectivity index (χ2n) is 2.34. The zero-order valence-corrected chi connectivity index (χ0v) is 5.13. The average Bonchev–Trinajstić information content (AvgIpc) is 1.98. The van der Waals surface area contributed by atoms with Crippen molar-refractivity contribution in [1.29, 1.82) is 0 Å². The van der Waals surface area contributed by atoms with Crippen LogP contribution in [0.15, 0.2) is 0 Å². The number of carbonyl (C=O) groups is 2. The van der Waals surface area contributed by atoms with Gasteiger partial charge in [-0.2, -0.15) is 0 Å². The normalized spacial score (nSPS) is 35.8. The predicted octanol–water partition coefficient (Wildman–Crippen LogP) is -0.475. The van der Waals surface area contributed by atoms with Crippen LogP contribution >= 0.6 is 0 Å². The van der Waals surface area contributed by atoms with E-state index in [2.05, 4.69) is 0 Å². The van der Waals surface area contributed by atoms with Crippen molar-refractivity contribution < 1.29 is 14.7 Å². The van der Waals surface area contributed by atoms with E-state index < -0.39 is 12.0 Å². The largest absolute Gasteiger partial charge is 0.385 e. The monoisotopic (exact) mass is 128 g/mol. The Morgan fingerprint density at radius 2 is 2.00 bits per heavy atom. The minimum atomic E-state index is -1.03. The van der Waals surface area contributed by atoms with Crippen LogP contribution in [-0.4, -0.2) is 22.8 Å². The number of Topliss-reactive ketones (excluding diaryl/α,β-unsaturated/α-hetero) is 2. The quantitative estimate of drug-likeness (QED) is 0.448. The van der Waals surface area contributed by atoms with Crippen molar-refractivity contribution >= 4 is 11.6 Å². The van der Waals surface area contributed by atoms with E-state index in [9.17, 15) is 9.59 Å². The maximum absolute atomic E-state index is 10.6. The fraction of sp³-hybridized carbons (Fsp3) is 0.667. The van der Waals surface area contributed by atoms with Crippen LogP contribution in [0.3, 0.4) is 0 Å². The van der Waals surface area contributed by atoms with Gasteiger partial charge in [-0.25, -0.2) is 0 Å². The highest BCUT2D eigenvalue weighted by molar-refractivity contribution is 6.09. The summed E-state index contributed by atoms with van der Waals surface area (Å²) in [4.78, 5) is 21.1. The third kappa shape index (κ3) is 0.876. The standard InChI is InChI=1S/C6H8O3/c1-3-4(7)2-5(8)6(3)9/h3,6,9H,2H2,1H3. The molecule has 2 atom stereocenters. The lowest BCUT2D eigenvalue weighted by Crippen LogP contribution is -2.19. The Hall–Kier alpha value is -0.700. The minimum Gasteiger partial charge on any atom is -0.385 e. The molecule has 0 aromatic carbocycles. The molecule has 1 rings (SSSR count). The Labute approximate surface area is 52.7 Å². The van der Waals surface area contributed by atoms with Gasteiger partial charge in [-0.15, -0.1) is 0 Å². The molecule has 3 heteroatoms. The number of ketones is 2. The third-order valence-corrected chi connectivity index (χ3v) is 1.66. The van der Waals surface area contributed by atoms with Gasteiger partial charge in [0.1, 0.15) is 11.9 Å². The van der Waals surface area contributed by atoms with E-state index in [4.69, 9.17) is 5.11 Å². The van der Waals surface area contributed by atoms with E-state index in [0.29, 0.717) is 0 Å². The van der Waals surface area contributed by atoms with Crippen LogP contribution in [0, 0.1) is 5.92 Å². The Morgan fingerprint density at radius 1 is 1.44 bits per heavy atom. The van der Waals surface area contributed by atoms with Crippen molar-refractivity contribution in [3.8, 4) is 0 Å². The molecule has 0 aromatic heterocycles. The van der Waals surface area contributed by atoms with Crippen LogP contribution in [0.4, 0.5) is 0 Å². The van der Waals surface area contributed by atoms with E-state index >= 15 is 0 Å². The number of hydrogen-bond donors (Lipinski definition) is 1. The molecule has 1 saturated carbocycles. The first-order valence-electron chi connectivity index (χ1n) is 2.86. The SMILES string of the molecule is CC1C(=O)CC(=O)C1O. The predicted molar refractivity (Wildman–Crippen MR) is 29.8 cm³/mol. The molecular formula is C6H8O3. The van der Waals surface area contributed by atoms with Gasteiger partial charge in [0, 0.05) is 5.92 Å². The number of hydrogen-bond acceptors (Lipinski definition) is 3. The summed E-state index contributed by atoms with van der Waals surface area (Å²) in [5, 5.41) is 8.87. The Balaban J connectivity index is 2.77. The second kappa shape index (κ2) is 1.92. The van der Waals surface area contributed by atoms with Crippen molar-refractivity contribution in [1.82, 2.24) is 0 Å². The zero-order valence-electron chi connectivity index (χ0n) is 5.13. The van der Waals surface area contributed by atoms with Crippen molar-refractivity contribution in [2.45, 2.75) is 19.4 Å². The van der Waals surface area contributed by atoms with Crippen molar-refractivity contribution in [3.05, 3.63) is 0 Å². The summed E-state index contributed by atoms with van der Waals surface area (Å²) in [6.07, 6.45) is -1.11. The molecule has 1 fully saturated rings. The van der Waals surface area contributed by atoms with Gasteiger partial charge in [-0.05, 0) is 0 Å². The lowest BCUT2D eigenvalue weighted by Gasteiger charge is -2.01. The zero-order chi connectivity index (χ0) is 7.02. The first kappa shape index (κ1) is 6.42. The van der Waals surface area contributed by atoms with Crippen LogP contribution < -0.4 is 0 Å². The molecule has 0 heterocycles. The molecule has 0 bridgehead atoms. The highest BCUT2D eigenvalue weighted by Crippen LogP contribution is 2.17. The van der Waals surface area contributed by atoms with Gasteiger partial charge < -0.3 is 5.11 Å². The Kier molecular flexibility index (Phi) is 1.37. The van der Waals surface area contributed by atoms with Gasteiger partial charge in [-0.3, -0.25) is 9.59 Å². The maximum Gasteiger partial charge on any atom is 0.169 e. The summed E-state index contributed by atoms with van der Waals surface area (Å²) in [5.74, 6) is -0.961. The Morgan fingerprint density at radius 3 is 2.11 bits per heavy atom. The molecule has 0 aromatic rings. The van der Waals surface area contributed by atoms with Crippen molar-refractivity contribution in [2.24, 2.45) is 5.92 Å². The van der Waals surface area contributed by atoms with E-state index in [0.717, 1.165) is 0 Å². The molecule has 0 aliphatic heterocycles. The highest BCUT2D eigenvalue weighted by atomic mass is 16.3. The summed E-state index contributed by atoms with van der Waals surface area (Å²) in [5.41, 5.74) is 0. The van der Waals surface area contributed by atoms with E-state index in [-0.39, 0.29) is 18.0 Å². The van der Waals surface area contributed by atoms with Gasteiger partial charge in [0.2, 0.25) is 0 Å². The van der Waals surface area contributed by atoms with E-state index in [1.165, 1.54) is 0 Å². The Bertz CT molecular complexity index is 144. The van der Waals surface area contributed by atoms with Gasteiger partial charge in [0.25, 0.3) is 0 Å². The molecule has 1 aliphatic rings. The summed E-state index contributed by atoms with van der Waals surface area (Å²) < 4.78 is 0. The fourth-order valence-corrected chi connectivity index (χ4v) is 0.892. The van der Waals surface area contributed by atoms with Crippen LogP contribution in [0.2, 0.25) is 0 Å². The van der Waals surface area contributed by atoms with Gasteiger partial charge >= 0.3 is 0 Å². The number of aliphatic hydroxyl groups excluding tert-OH is 1. The van der Waals surface area contributed by atoms with Crippen LogP contribution in [0.5, 0.6) is 0 Å². The van der Waals surface area contributed by atoms with Gasteiger partial charge in [0.15, 0.2) is 5.78 Å². The summed E-state index contributed by atoms with van der Waals surface area (Å²) in [6.45, 7) is 1.57. The lowest BCUT2D eigenvalue weighted by atomic mass is 10.1. The first-order chi connectivity index (χ1) is 4.13. The highest BCUT2D eigenvalue weighted by Gasteiger charge is 2.36. The maximum atomic E-state index is 10.6. The molecule has 0 amide bonds. The average molecular weight is 128 g/mol. The molecule has 9 heavy (non-hydrogen) atoms. The molecule has 50 valence electrons. The summed E-state index contributed by atoms with van der Waals surface area (Å²) in [6, 6.07) is 0. The fourth-order valence-electron chi connectivity index (χ4n) is 0.892. The molecular weight excluding hydrogens is 120 g/mol. The van der Waals surface area contributed by atoms with Crippen molar-refractivity contribution in [2.75, 3.05) is 0 Å². The topological polar surface area (TPSA) is 54.4 Å². The van der Waals surface area contributed by atoms with E-state index in [1.54, 1.807) is 6.92 Å². The van der Waals surface area contributed by atoms with Gasteiger partial charge in [0.05, 0.1) is 6.42 Å². The molecule has 0 radical (unpaired) electrons. The molecule has 2 unspecified atom stereocenters. The van der Waals surface area contributed by atoms with Crippen molar-refractivity contribution in [3.63, 3.8) is 0 Å². The third-order valence-electron chi connectivity index (χ3n) is 1.66. The molecule has 3 nitrogen and oxygen atoms in total. The lowest BCUT2D eigenvalue weighted by molar-refractivity contribution is -0.125. The summed E-state index contributed by atoms with van der Waals surface area (Å²) in [7, 11) is 0. The van der Waals surface area contributed by atoms with Crippen LogP contribution in [-0.2, 0) is 9.59 Å².